The van der Waals surface area contributed by atoms with E-state index in [1.807, 2.05) is 0 Å². The van der Waals surface area contributed by atoms with Gasteiger partial charge in [-0.2, -0.15) is 0 Å². The van der Waals surface area contributed by atoms with E-state index < -0.39 is 0 Å². The Kier molecular flexibility index (Phi) is 3.14. The molecule has 0 fully saturated rings. The highest BCUT2D eigenvalue weighted by molar-refractivity contribution is 5.61. The molecule has 1 aromatic carbocycles. The molecule has 0 unspecified atom stereocenters. The Labute approximate surface area is 98.6 Å². The zero-order valence-electron chi connectivity index (χ0n) is 9.35. The Hall–Kier alpha value is -2.23. The van der Waals surface area contributed by atoms with E-state index in [2.05, 4.69) is 16.5 Å². The van der Waals surface area contributed by atoms with Gasteiger partial charge in [0.05, 0.1) is 30.9 Å². The minimum absolute atomic E-state index is 0.355. The van der Waals surface area contributed by atoms with E-state index in [4.69, 9.17) is 4.74 Å². The van der Waals surface area contributed by atoms with Crippen LogP contribution in [0.15, 0.2) is 37.2 Å². The number of hydrogen-bond acceptors (Lipinski definition) is 3. The van der Waals surface area contributed by atoms with E-state index in [1.54, 1.807) is 24.4 Å². The average molecular weight is 230 g/mol. The van der Waals surface area contributed by atoms with Crippen molar-refractivity contribution in [1.29, 1.82) is 0 Å². The molecule has 86 valence electrons. The lowest BCUT2D eigenvalue weighted by Gasteiger charge is -2.05. The molecule has 0 bridgehead atoms. The lowest BCUT2D eigenvalue weighted by Crippen LogP contribution is -1.92. The Morgan fingerprint density at radius 3 is 2.71 bits per heavy atom. The number of halogens is 1. The van der Waals surface area contributed by atoms with Crippen LogP contribution >= 0.6 is 0 Å². The molecule has 17 heavy (non-hydrogen) atoms. The summed E-state index contributed by atoms with van der Waals surface area (Å²) in [6.45, 7) is 3.58. The van der Waals surface area contributed by atoms with Gasteiger partial charge >= 0.3 is 0 Å². The summed E-state index contributed by atoms with van der Waals surface area (Å²) in [5.41, 5.74) is 1.48. The number of methoxy groups -OCH3 is 1. The van der Waals surface area contributed by atoms with Crippen LogP contribution in [0.4, 0.5) is 4.39 Å². The van der Waals surface area contributed by atoms with Gasteiger partial charge in [0.15, 0.2) is 0 Å². The maximum atomic E-state index is 13.6. The summed E-state index contributed by atoms with van der Waals surface area (Å²) in [5, 5.41) is 0. The second-order valence-electron chi connectivity index (χ2n) is 3.38. The van der Waals surface area contributed by atoms with Crippen LogP contribution in [0, 0.1) is 5.82 Å². The molecule has 3 nitrogen and oxygen atoms in total. The zero-order valence-corrected chi connectivity index (χ0v) is 9.35. The topological polar surface area (TPSA) is 35.0 Å². The molecule has 0 atom stereocenters. The molecule has 0 saturated heterocycles. The van der Waals surface area contributed by atoms with E-state index >= 15 is 0 Å². The molecular weight excluding hydrogens is 219 g/mol. The van der Waals surface area contributed by atoms with Crippen molar-refractivity contribution in [3.63, 3.8) is 0 Å². The maximum Gasteiger partial charge on any atom is 0.132 e. The normalized spacial score (nSPS) is 10.0. The summed E-state index contributed by atoms with van der Waals surface area (Å²) in [4.78, 5) is 8.21. The molecule has 0 aliphatic heterocycles. The second-order valence-corrected chi connectivity index (χ2v) is 3.38. The molecule has 2 rings (SSSR count). The summed E-state index contributed by atoms with van der Waals surface area (Å²) in [5.74, 6) is 0.224. The number of benzene rings is 1. The Bertz CT molecular complexity index is 538. The van der Waals surface area contributed by atoms with Crippen molar-refractivity contribution in [2.45, 2.75) is 0 Å². The third-order valence-corrected chi connectivity index (χ3v) is 2.33. The summed E-state index contributed by atoms with van der Waals surface area (Å²) < 4.78 is 18.7. The van der Waals surface area contributed by atoms with Crippen molar-refractivity contribution in [1.82, 2.24) is 9.97 Å². The van der Waals surface area contributed by atoms with Crippen LogP contribution in [0.5, 0.6) is 5.75 Å². The first kappa shape index (κ1) is 11.3. The van der Waals surface area contributed by atoms with Crippen LogP contribution in [0.25, 0.3) is 17.3 Å². The highest BCUT2D eigenvalue weighted by Gasteiger charge is 2.08. The summed E-state index contributed by atoms with van der Waals surface area (Å²) >= 11 is 0. The molecule has 2 aromatic rings. The molecule has 0 saturated carbocycles. The maximum absolute atomic E-state index is 13.6. The largest absolute Gasteiger partial charge is 0.497 e. The molecule has 0 N–H and O–H groups in total. The molecule has 1 heterocycles. The van der Waals surface area contributed by atoms with Crippen molar-refractivity contribution >= 4 is 6.08 Å². The number of ether oxygens (including phenoxy) is 1. The third-order valence-electron chi connectivity index (χ3n) is 2.33. The van der Waals surface area contributed by atoms with Gasteiger partial charge in [0.1, 0.15) is 11.6 Å². The van der Waals surface area contributed by atoms with E-state index in [0.717, 1.165) is 0 Å². The predicted molar refractivity (Wildman–Crippen MR) is 64.1 cm³/mol. The van der Waals surface area contributed by atoms with Gasteiger partial charge in [0.25, 0.3) is 0 Å². The number of nitrogens with zero attached hydrogens (tertiary/aromatic N) is 2. The first-order chi connectivity index (χ1) is 8.24. The monoisotopic (exact) mass is 230 g/mol. The van der Waals surface area contributed by atoms with Crippen LogP contribution in [0.1, 0.15) is 5.69 Å². The first-order valence-electron chi connectivity index (χ1n) is 5.03. The van der Waals surface area contributed by atoms with E-state index in [0.29, 0.717) is 22.7 Å². The van der Waals surface area contributed by atoms with E-state index in [1.165, 1.54) is 19.4 Å². The second kappa shape index (κ2) is 4.74. The molecular formula is C13H11FN2O. The van der Waals surface area contributed by atoms with E-state index in [9.17, 15) is 4.39 Å². The van der Waals surface area contributed by atoms with Crippen molar-refractivity contribution in [2.24, 2.45) is 0 Å². The molecule has 0 amide bonds. The Balaban J connectivity index is 2.47. The standard InChI is InChI=1S/C13H11FN2O/c1-3-9-7-16-13(8-15-9)11-6-10(17-2)4-5-12(11)14/h3-8H,1H2,2H3. The van der Waals surface area contributed by atoms with Gasteiger partial charge in [-0.15, -0.1) is 0 Å². The lowest BCUT2D eigenvalue weighted by atomic mass is 10.1. The van der Waals surface area contributed by atoms with Crippen molar-refractivity contribution < 1.29 is 9.13 Å². The van der Waals surface area contributed by atoms with Crippen molar-refractivity contribution in [3.05, 3.63) is 48.7 Å². The third kappa shape index (κ3) is 2.30. The molecule has 4 heteroatoms. The molecule has 0 aliphatic rings. The SMILES string of the molecule is C=Cc1cnc(-c2cc(OC)ccc2F)cn1. The number of rotatable bonds is 3. The lowest BCUT2D eigenvalue weighted by molar-refractivity contribution is 0.414. The van der Waals surface area contributed by atoms with E-state index in [-0.39, 0.29) is 5.82 Å². The molecule has 0 radical (unpaired) electrons. The fourth-order valence-electron chi connectivity index (χ4n) is 1.41. The zero-order chi connectivity index (χ0) is 12.3. The van der Waals surface area contributed by atoms with Crippen LogP contribution in [-0.2, 0) is 0 Å². The highest BCUT2D eigenvalue weighted by Crippen LogP contribution is 2.24. The van der Waals surface area contributed by atoms with Gasteiger partial charge in [0, 0.05) is 5.56 Å². The van der Waals surface area contributed by atoms with Crippen LogP contribution in [0.3, 0.4) is 0 Å². The highest BCUT2D eigenvalue weighted by atomic mass is 19.1. The van der Waals surface area contributed by atoms with Gasteiger partial charge in [-0.3, -0.25) is 9.97 Å². The minimum atomic E-state index is -0.355. The number of hydrogen-bond donors (Lipinski definition) is 0. The summed E-state index contributed by atoms with van der Waals surface area (Å²) in [6, 6.07) is 4.49. The van der Waals surface area contributed by atoms with Crippen LogP contribution in [0.2, 0.25) is 0 Å². The molecule has 0 spiro atoms. The van der Waals surface area contributed by atoms with Gasteiger partial charge in [0.2, 0.25) is 0 Å². The van der Waals surface area contributed by atoms with Crippen LogP contribution < -0.4 is 4.74 Å². The quantitative estimate of drug-likeness (QED) is 0.813. The molecule has 0 aliphatic carbocycles. The first-order valence-corrected chi connectivity index (χ1v) is 5.03. The Morgan fingerprint density at radius 1 is 1.29 bits per heavy atom. The predicted octanol–water partition coefficient (Wildman–Crippen LogP) is 2.93. The smallest absolute Gasteiger partial charge is 0.132 e. The minimum Gasteiger partial charge on any atom is -0.497 e. The van der Waals surface area contributed by atoms with Crippen LogP contribution in [-0.4, -0.2) is 17.1 Å². The average Bonchev–Trinajstić information content (AvgIpc) is 2.39. The fraction of sp³-hybridized carbons (Fsp3) is 0.0769. The van der Waals surface area contributed by atoms with Gasteiger partial charge in [-0.1, -0.05) is 6.58 Å². The Morgan fingerprint density at radius 2 is 2.12 bits per heavy atom. The van der Waals surface area contributed by atoms with Crippen molar-refractivity contribution in [3.8, 4) is 17.0 Å². The summed E-state index contributed by atoms with van der Waals surface area (Å²) in [7, 11) is 1.53. The fourth-order valence-corrected chi connectivity index (χ4v) is 1.41. The van der Waals surface area contributed by atoms with Crippen molar-refractivity contribution in [2.75, 3.05) is 7.11 Å². The summed E-state index contributed by atoms with van der Waals surface area (Å²) in [6.07, 6.45) is 4.63. The number of aromatic nitrogens is 2. The van der Waals surface area contributed by atoms with Gasteiger partial charge in [-0.05, 0) is 24.3 Å². The van der Waals surface area contributed by atoms with Gasteiger partial charge in [-0.25, -0.2) is 4.39 Å². The molecule has 1 aromatic heterocycles. The van der Waals surface area contributed by atoms with Gasteiger partial charge < -0.3 is 4.74 Å².